The number of hydrogen-bond donors (Lipinski definition) is 2. The molecule has 0 saturated carbocycles. The predicted molar refractivity (Wildman–Crippen MR) is 117 cm³/mol. The second-order valence-electron chi connectivity index (χ2n) is 7.61. The highest BCUT2D eigenvalue weighted by molar-refractivity contribution is 7.15. The van der Waals surface area contributed by atoms with Gasteiger partial charge in [0, 0.05) is 28.5 Å². The molecule has 0 fully saturated rings. The molecule has 3 aromatic rings. The number of nitrogens with zero attached hydrogens (tertiary/aromatic N) is 2. The summed E-state index contributed by atoms with van der Waals surface area (Å²) in [5, 5.41) is 13.9. The van der Waals surface area contributed by atoms with Crippen molar-refractivity contribution >= 4 is 34.2 Å². The van der Waals surface area contributed by atoms with Gasteiger partial charge in [0.25, 0.3) is 0 Å². The number of alkyl halides is 2. The number of carbonyl (C=O) groups excluding carboxylic acids is 1. The van der Waals surface area contributed by atoms with Crippen molar-refractivity contribution in [1.29, 1.82) is 0 Å². The number of amides is 1. The Morgan fingerprint density at radius 2 is 1.97 bits per heavy atom. The fraction of sp³-hybridized carbons (Fsp3) is 0.286. The number of aliphatic hydroxyl groups is 1. The van der Waals surface area contributed by atoms with Crippen LogP contribution in [-0.4, -0.2) is 33.4 Å². The van der Waals surface area contributed by atoms with Crippen LogP contribution in [0, 0.1) is 0 Å². The Labute approximate surface area is 192 Å². The molecular weight excluding hydrogens is 464 g/mol. The highest BCUT2D eigenvalue weighted by Gasteiger charge is 2.21. The monoisotopic (exact) mass is 483 g/mol. The molecule has 0 aliphatic rings. The minimum atomic E-state index is -3.07. The van der Waals surface area contributed by atoms with Gasteiger partial charge in [-0.1, -0.05) is 35.1 Å². The molecule has 0 spiro atoms. The first kappa shape index (κ1) is 23.8. The van der Waals surface area contributed by atoms with E-state index in [0.29, 0.717) is 21.0 Å². The second-order valence-corrected chi connectivity index (χ2v) is 9.11. The third-order valence-electron chi connectivity index (χ3n) is 3.93. The first-order chi connectivity index (χ1) is 15.0. The van der Waals surface area contributed by atoms with Gasteiger partial charge in [-0.2, -0.15) is 8.78 Å². The quantitative estimate of drug-likeness (QED) is 0.454. The normalized spacial score (nSPS) is 12.5. The maximum atomic E-state index is 12.8. The van der Waals surface area contributed by atoms with E-state index in [1.54, 1.807) is 45.0 Å². The van der Waals surface area contributed by atoms with Crippen LogP contribution in [-0.2, 0) is 4.74 Å². The van der Waals surface area contributed by atoms with Crippen molar-refractivity contribution < 1.29 is 28.2 Å². The molecule has 0 bridgehead atoms. The zero-order valence-corrected chi connectivity index (χ0v) is 18.9. The number of pyridine rings is 1. The Kier molecular flexibility index (Phi) is 7.27. The summed E-state index contributed by atoms with van der Waals surface area (Å²) in [6.45, 7) is 2.12. The van der Waals surface area contributed by atoms with E-state index in [2.05, 4.69) is 20.0 Å². The highest BCUT2D eigenvalue weighted by Crippen LogP contribution is 2.36. The number of rotatable bonds is 6. The third-order valence-corrected chi connectivity index (χ3v) is 5.13. The minimum absolute atomic E-state index is 0.231. The zero-order valence-electron chi connectivity index (χ0n) is 17.3. The summed E-state index contributed by atoms with van der Waals surface area (Å²) in [6, 6.07) is 8.02. The highest BCUT2D eigenvalue weighted by atomic mass is 35.5. The fourth-order valence-electron chi connectivity index (χ4n) is 2.69. The van der Waals surface area contributed by atoms with Crippen LogP contribution < -0.4 is 10.1 Å². The van der Waals surface area contributed by atoms with Gasteiger partial charge in [-0.25, -0.2) is 14.8 Å². The molecule has 7 nitrogen and oxygen atoms in total. The summed E-state index contributed by atoms with van der Waals surface area (Å²) < 4.78 is 35.4. The summed E-state index contributed by atoms with van der Waals surface area (Å²) in [5.41, 5.74) is 0.370. The molecule has 0 aliphatic heterocycles. The average Bonchev–Trinajstić information content (AvgIpc) is 3.14. The van der Waals surface area contributed by atoms with Crippen molar-refractivity contribution in [3.8, 4) is 17.0 Å². The maximum Gasteiger partial charge on any atom is 0.413 e. The van der Waals surface area contributed by atoms with Gasteiger partial charge in [0.15, 0.2) is 5.13 Å². The number of anilines is 1. The summed E-state index contributed by atoms with van der Waals surface area (Å²) in [5.74, 6) is -0.296. The lowest BCUT2D eigenvalue weighted by molar-refractivity contribution is -0.0524. The molecule has 170 valence electrons. The van der Waals surface area contributed by atoms with Crippen LogP contribution in [0.25, 0.3) is 11.1 Å². The van der Waals surface area contributed by atoms with Crippen LogP contribution in [0.4, 0.5) is 18.7 Å². The predicted octanol–water partition coefficient (Wildman–Crippen LogP) is 5.89. The van der Waals surface area contributed by atoms with E-state index in [1.165, 1.54) is 18.5 Å². The van der Waals surface area contributed by atoms with Gasteiger partial charge in [0.2, 0.25) is 5.88 Å². The van der Waals surface area contributed by atoms with Crippen LogP contribution in [0.1, 0.15) is 37.3 Å². The van der Waals surface area contributed by atoms with Crippen molar-refractivity contribution in [2.24, 2.45) is 0 Å². The van der Waals surface area contributed by atoms with E-state index in [-0.39, 0.29) is 16.6 Å². The zero-order chi connectivity index (χ0) is 23.5. The van der Waals surface area contributed by atoms with Crippen LogP contribution in [0.3, 0.4) is 0 Å². The molecule has 1 atom stereocenters. The van der Waals surface area contributed by atoms with Crippen LogP contribution >= 0.6 is 22.9 Å². The lowest BCUT2D eigenvalue weighted by atomic mass is 10.0. The smallest absolute Gasteiger partial charge is 0.413 e. The van der Waals surface area contributed by atoms with Crippen LogP contribution in [0.15, 0.2) is 42.7 Å². The lowest BCUT2D eigenvalue weighted by Gasteiger charge is -2.18. The van der Waals surface area contributed by atoms with E-state index in [4.69, 9.17) is 16.3 Å². The van der Waals surface area contributed by atoms with E-state index < -0.39 is 24.4 Å². The van der Waals surface area contributed by atoms with Gasteiger partial charge >= 0.3 is 12.7 Å². The van der Waals surface area contributed by atoms with E-state index in [9.17, 15) is 18.7 Å². The Morgan fingerprint density at radius 3 is 2.62 bits per heavy atom. The molecule has 0 saturated heterocycles. The molecule has 3 rings (SSSR count). The molecule has 32 heavy (non-hydrogen) atoms. The molecule has 1 amide bonds. The number of benzene rings is 1. The lowest BCUT2D eigenvalue weighted by Crippen LogP contribution is -2.27. The van der Waals surface area contributed by atoms with Crippen molar-refractivity contribution in [3.63, 3.8) is 0 Å². The number of halogens is 3. The number of carbonyl (C=O) groups is 1. The van der Waals surface area contributed by atoms with E-state index in [0.717, 1.165) is 11.3 Å². The Bertz CT molecular complexity index is 1100. The summed E-state index contributed by atoms with van der Waals surface area (Å²) in [7, 11) is 0. The summed E-state index contributed by atoms with van der Waals surface area (Å²) >= 11 is 7.06. The number of ether oxygens (including phenoxy) is 2. The first-order valence-corrected chi connectivity index (χ1v) is 10.6. The first-order valence-electron chi connectivity index (χ1n) is 9.36. The Morgan fingerprint density at radius 1 is 1.22 bits per heavy atom. The largest absolute Gasteiger partial charge is 0.444 e. The Balaban J connectivity index is 1.87. The topological polar surface area (TPSA) is 93.6 Å². The van der Waals surface area contributed by atoms with Gasteiger partial charge in [0.05, 0.1) is 4.88 Å². The van der Waals surface area contributed by atoms with Gasteiger partial charge in [-0.15, -0.1) is 0 Å². The number of hydrogen-bond acceptors (Lipinski definition) is 7. The summed E-state index contributed by atoms with van der Waals surface area (Å²) in [6.07, 6.45) is 0.779. The molecule has 0 aliphatic carbocycles. The fourth-order valence-corrected chi connectivity index (χ4v) is 3.69. The van der Waals surface area contributed by atoms with Crippen molar-refractivity contribution in [3.05, 3.63) is 58.2 Å². The van der Waals surface area contributed by atoms with Crippen LogP contribution in [0.2, 0.25) is 5.02 Å². The van der Waals surface area contributed by atoms with Crippen molar-refractivity contribution in [2.75, 3.05) is 5.32 Å². The standard InChI is InChI=1S/C21H20ClF2N3O4S/c1-21(2,3)31-20(29)27-19-26-10-15(32-19)16(28)12-8-14(11-5-4-6-13(22)7-11)17(25-9-12)30-18(23)24/h4-10,16,18,28H,1-3H3,(H,26,27,29). The van der Waals surface area contributed by atoms with Crippen LogP contribution in [0.5, 0.6) is 5.88 Å². The molecule has 2 N–H and O–H groups in total. The van der Waals surface area contributed by atoms with E-state index >= 15 is 0 Å². The SMILES string of the molecule is CC(C)(C)OC(=O)Nc1ncc(C(O)c2cnc(OC(F)F)c(-c3cccc(Cl)c3)c2)s1. The minimum Gasteiger partial charge on any atom is -0.444 e. The number of nitrogens with one attached hydrogen (secondary N) is 1. The molecule has 2 heterocycles. The molecule has 0 radical (unpaired) electrons. The number of aliphatic hydroxyl groups excluding tert-OH is 1. The Hall–Kier alpha value is -2.82. The van der Waals surface area contributed by atoms with E-state index in [1.807, 2.05) is 0 Å². The van der Waals surface area contributed by atoms with Gasteiger partial charge in [-0.3, -0.25) is 5.32 Å². The maximum absolute atomic E-state index is 12.8. The molecule has 1 unspecified atom stereocenters. The van der Waals surface area contributed by atoms with Crippen molar-refractivity contribution in [1.82, 2.24) is 9.97 Å². The molecular formula is C21H20ClF2N3O4S. The number of thiazole rings is 1. The average molecular weight is 484 g/mol. The van der Waals surface area contributed by atoms with Gasteiger partial charge in [0.1, 0.15) is 11.7 Å². The molecule has 2 aromatic heterocycles. The summed E-state index contributed by atoms with van der Waals surface area (Å²) in [4.78, 5) is 20.3. The van der Waals surface area contributed by atoms with Crippen molar-refractivity contribution in [2.45, 2.75) is 39.1 Å². The van der Waals surface area contributed by atoms with Gasteiger partial charge < -0.3 is 14.6 Å². The van der Waals surface area contributed by atoms with Gasteiger partial charge in [-0.05, 0) is 44.5 Å². The second kappa shape index (κ2) is 9.76. The molecule has 11 heteroatoms. The third kappa shape index (κ3) is 6.35. The number of aromatic nitrogens is 2. The molecule has 1 aromatic carbocycles.